The van der Waals surface area contributed by atoms with Gasteiger partial charge in [-0.3, -0.25) is 4.79 Å². The Morgan fingerprint density at radius 1 is 1.14 bits per heavy atom. The maximum absolute atomic E-state index is 12.4. The summed E-state index contributed by atoms with van der Waals surface area (Å²) in [6.07, 6.45) is 4.48. The minimum atomic E-state index is -0.314. The Hall–Kier alpha value is -1.16. The van der Waals surface area contributed by atoms with E-state index < -0.39 is 0 Å². The lowest BCUT2D eigenvalue weighted by Gasteiger charge is -2.49. The summed E-state index contributed by atoms with van der Waals surface area (Å²) in [6, 6.07) is 7.18. The number of halogens is 1. The average Bonchev–Trinajstić information content (AvgIpc) is 2.86. The Morgan fingerprint density at radius 3 is 2.57 bits per heavy atom. The van der Waals surface area contributed by atoms with Gasteiger partial charge in [0.05, 0.1) is 11.0 Å². The van der Waals surface area contributed by atoms with Crippen molar-refractivity contribution in [3.8, 4) is 0 Å². The first-order chi connectivity index (χ1) is 10.1. The number of hydrogen-bond acceptors (Lipinski definition) is 3. The molecular weight excluding hydrogens is 332 g/mol. The van der Waals surface area contributed by atoms with Crippen molar-refractivity contribution >= 4 is 27.7 Å². The van der Waals surface area contributed by atoms with Gasteiger partial charge in [0, 0.05) is 10.9 Å². The van der Waals surface area contributed by atoms with Gasteiger partial charge in [-0.2, -0.15) is 0 Å². The van der Waals surface area contributed by atoms with Gasteiger partial charge in [-0.05, 0) is 61.8 Å². The molecule has 3 saturated carbocycles. The number of ketones is 1. The molecule has 0 amide bonds. The van der Waals surface area contributed by atoms with Crippen LogP contribution >= 0.6 is 15.9 Å². The molecule has 0 radical (unpaired) electrons. The van der Waals surface area contributed by atoms with Crippen LogP contribution in [0, 0.1) is 17.3 Å². The van der Waals surface area contributed by atoms with E-state index >= 15 is 0 Å². The first-order valence-corrected chi connectivity index (χ1v) is 8.41. The second-order valence-corrected chi connectivity index (χ2v) is 7.42. The van der Waals surface area contributed by atoms with E-state index in [0.29, 0.717) is 29.6 Å². The predicted molar refractivity (Wildman–Crippen MR) is 80.9 cm³/mol. The molecule has 3 nitrogen and oxygen atoms in total. The lowest BCUT2D eigenvalue weighted by molar-refractivity contribution is -0.148. The highest BCUT2D eigenvalue weighted by molar-refractivity contribution is 9.10. The van der Waals surface area contributed by atoms with Gasteiger partial charge in [-0.15, -0.1) is 0 Å². The number of benzene rings is 1. The molecule has 3 fully saturated rings. The molecule has 4 rings (SSSR count). The molecule has 0 saturated heterocycles. The third-order valence-electron chi connectivity index (χ3n) is 5.76. The minimum Gasteiger partial charge on any atom is -0.458 e. The van der Waals surface area contributed by atoms with Crippen LogP contribution in [-0.2, 0) is 9.53 Å². The van der Waals surface area contributed by atoms with E-state index in [1.54, 1.807) is 12.1 Å². The van der Waals surface area contributed by atoms with Crippen molar-refractivity contribution in [3.63, 3.8) is 0 Å². The normalized spacial score (nSPS) is 36.8. The van der Waals surface area contributed by atoms with Crippen molar-refractivity contribution in [2.75, 3.05) is 0 Å². The number of carbonyl (C=O) groups excluding carboxylic acids is 2. The summed E-state index contributed by atoms with van der Waals surface area (Å²) in [5.74, 6) is 0.961. The molecule has 3 aliphatic rings. The van der Waals surface area contributed by atoms with Crippen LogP contribution in [0.1, 0.15) is 42.5 Å². The molecule has 110 valence electrons. The third kappa shape index (κ3) is 1.78. The zero-order valence-corrected chi connectivity index (χ0v) is 13.3. The summed E-state index contributed by atoms with van der Waals surface area (Å²) in [5, 5.41) is 0. The molecule has 0 heterocycles. The second-order valence-electron chi connectivity index (χ2n) is 6.50. The van der Waals surface area contributed by atoms with E-state index in [0.717, 1.165) is 30.2 Å². The van der Waals surface area contributed by atoms with Crippen LogP contribution in [0.15, 0.2) is 28.7 Å². The van der Waals surface area contributed by atoms with Crippen LogP contribution in [0.2, 0.25) is 0 Å². The molecule has 0 aliphatic heterocycles. The van der Waals surface area contributed by atoms with E-state index in [9.17, 15) is 9.59 Å². The number of rotatable bonds is 2. The molecule has 4 heteroatoms. The van der Waals surface area contributed by atoms with Gasteiger partial charge in [0.1, 0.15) is 11.9 Å². The van der Waals surface area contributed by atoms with Crippen molar-refractivity contribution < 1.29 is 14.3 Å². The van der Waals surface area contributed by atoms with E-state index in [4.69, 9.17) is 4.74 Å². The fourth-order valence-electron chi connectivity index (χ4n) is 4.83. The van der Waals surface area contributed by atoms with Gasteiger partial charge in [-0.1, -0.05) is 15.9 Å². The van der Waals surface area contributed by atoms with Gasteiger partial charge < -0.3 is 4.74 Å². The maximum Gasteiger partial charge on any atom is 0.338 e. The standard InChI is InChI=1S/C17H17BrO3/c18-13-5-1-10(2-6-13)16(20)21-15-8-4-12-9-11-3-7-14(19)17(11,12)15/h1-2,5-6,11-12,15H,3-4,7-9H2/t11-,12-,15-,17+/m0/s1. The largest absolute Gasteiger partial charge is 0.458 e. The SMILES string of the molecule is O=C(O[C@H]1CC[C@H]2C[C@@H]3CCC(=O)[C@@]321)c1ccc(Br)cc1. The van der Waals surface area contributed by atoms with Gasteiger partial charge in [0.25, 0.3) is 0 Å². The van der Waals surface area contributed by atoms with Crippen molar-refractivity contribution in [1.29, 1.82) is 0 Å². The van der Waals surface area contributed by atoms with E-state index in [1.807, 2.05) is 12.1 Å². The molecule has 21 heavy (non-hydrogen) atoms. The highest BCUT2D eigenvalue weighted by Crippen LogP contribution is 2.67. The Morgan fingerprint density at radius 2 is 1.86 bits per heavy atom. The van der Waals surface area contributed by atoms with E-state index in [1.165, 1.54) is 0 Å². The number of carbonyl (C=O) groups is 2. The Balaban J connectivity index is 1.56. The van der Waals surface area contributed by atoms with Crippen molar-refractivity contribution in [2.45, 2.75) is 38.2 Å². The maximum atomic E-state index is 12.4. The highest BCUT2D eigenvalue weighted by Gasteiger charge is 2.69. The Labute approximate surface area is 132 Å². The van der Waals surface area contributed by atoms with Gasteiger partial charge in [0.15, 0.2) is 0 Å². The molecule has 1 spiro atoms. The lowest BCUT2D eigenvalue weighted by Crippen LogP contribution is -2.54. The number of ether oxygens (including phenoxy) is 1. The summed E-state index contributed by atoms with van der Waals surface area (Å²) in [4.78, 5) is 24.7. The van der Waals surface area contributed by atoms with Gasteiger partial charge in [0.2, 0.25) is 0 Å². The van der Waals surface area contributed by atoms with Crippen LogP contribution in [0.3, 0.4) is 0 Å². The molecule has 1 aromatic rings. The molecule has 4 atom stereocenters. The van der Waals surface area contributed by atoms with Gasteiger partial charge >= 0.3 is 5.97 Å². The first-order valence-electron chi connectivity index (χ1n) is 7.62. The number of Topliss-reactive ketones (excluding diaryl/α,β-unsaturated/α-hetero) is 1. The summed E-state index contributed by atoms with van der Waals surface area (Å²) >= 11 is 3.36. The Kier molecular flexibility index (Phi) is 3.00. The molecule has 0 N–H and O–H groups in total. The Bertz CT molecular complexity index is 603. The summed E-state index contributed by atoms with van der Waals surface area (Å²) in [5.41, 5.74) is 0.241. The quantitative estimate of drug-likeness (QED) is 0.764. The highest BCUT2D eigenvalue weighted by atomic mass is 79.9. The minimum absolute atomic E-state index is 0.201. The second kappa shape index (κ2) is 4.67. The van der Waals surface area contributed by atoms with Crippen LogP contribution in [0.25, 0.3) is 0 Å². The molecule has 0 bridgehead atoms. The third-order valence-corrected chi connectivity index (χ3v) is 6.29. The molecular formula is C17H17BrO3. The van der Waals surface area contributed by atoms with Crippen LogP contribution < -0.4 is 0 Å². The van der Waals surface area contributed by atoms with Crippen LogP contribution in [0.5, 0.6) is 0 Å². The van der Waals surface area contributed by atoms with Crippen molar-refractivity contribution in [3.05, 3.63) is 34.3 Å². The summed E-state index contributed by atoms with van der Waals surface area (Å²) < 4.78 is 6.71. The zero-order chi connectivity index (χ0) is 14.6. The first kappa shape index (κ1) is 13.5. The van der Waals surface area contributed by atoms with Crippen LogP contribution in [0.4, 0.5) is 0 Å². The molecule has 0 unspecified atom stereocenters. The monoisotopic (exact) mass is 348 g/mol. The van der Waals surface area contributed by atoms with E-state index in [-0.39, 0.29) is 17.5 Å². The molecule has 0 aromatic heterocycles. The fourth-order valence-corrected chi connectivity index (χ4v) is 5.10. The van der Waals surface area contributed by atoms with Gasteiger partial charge in [-0.25, -0.2) is 4.79 Å². The molecule has 1 aromatic carbocycles. The number of hydrogen-bond donors (Lipinski definition) is 0. The fraction of sp³-hybridized carbons (Fsp3) is 0.529. The van der Waals surface area contributed by atoms with E-state index in [2.05, 4.69) is 15.9 Å². The smallest absolute Gasteiger partial charge is 0.338 e. The summed E-state index contributed by atoms with van der Waals surface area (Å²) in [6.45, 7) is 0. The lowest BCUT2D eigenvalue weighted by atomic mass is 9.55. The zero-order valence-electron chi connectivity index (χ0n) is 11.7. The topological polar surface area (TPSA) is 43.4 Å². The van der Waals surface area contributed by atoms with Crippen molar-refractivity contribution in [2.24, 2.45) is 17.3 Å². The average molecular weight is 349 g/mol. The summed E-state index contributed by atoms with van der Waals surface area (Å²) in [7, 11) is 0. The predicted octanol–water partition coefficient (Wildman–Crippen LogP) is 3.75. The van der Waals surface area contributed by atoms with Crippen LogP contribution in [-0.4, -0.2) is 17.9 Å². The molecule has 3 aliphatic carbocycles. The number of esters is 1. The van der Waals surface area contributed by atoms with Crippen molar-refractivity contribution in [1.82, 2.24) is 0 Å².